The standard InChI is InChI=1S/C25H30FN5O/c1-3-17(2)31-12-9-21-20-7-4-5-8-22(20)29-23(21)24(31)25-27-13-18(14-28-25)32-19-15-30(16-19)11-6-10-26/h4-5,7-8,13-14,19,24,29H,2-3,6,9-12,15-16H2,1H3/t24-/m0/s1. The van der Waals surface area contributed by atoms with Gasteiger partial charge in [-0.1, -0.05) is 31.7 Å². The van der Waals surface area contributed by atoms with E-state index in [9.17, 15) is 4.39 Å². The molecule has 32 heavy (non-hydrogen) atoms. The minimum atomic E-state index is -0.266. The third kappa shape index (κ3) is 3.86. The summed E-state index contributed by atoms with van der Waals surface area (Å²) in [5.41, 5.74) is 4.74. The molecule has 0 unspecified atom stereocenters. The topological polar surface area (TPSA) is 57.3 Å². The maximum Gasteiger partial charge on any atom is 0.157 e. The van der Waals surface area contributed by atoms with Gasteiger partial charge in [-0.2, -0.15) is 0 Å². The van der Waals surface area contributed by atoms with Crippen LogP contribution in [0.15, 0.2) is 48.9 Å². The number of fused-ring (bicyclic) bond motifs is 3. The molecule has 1 atom stereocenters. The predicted molar refractivity (Wildman–Crippen MR) is 123 cm³/mol. The predicted octanol–water partition coefficient (Wildman–Crippen LogP) is 4.25. The van der Waals surface area contributed by atoms with E-state index in [2.05, 4.69) is 52.6 Å². The van der Waals surface area contributed by atoms with E-state index >= 15 is 0 Å². The molecule has 0 aliphatic carbocycles. The Hall–Kier alpha value is -2.93. The quantitative estimate of drug-likeness (QED) is 0.573. The van der Waals surface area contributed by atoms with E-state index in [0.717, 1.165) is 61.8 Å². The number of aromatic amines is 1. The van der Waals surface area contributed by atoms with Crippen molar-refractivity contribution in [1.29, 1.82) is 0 Å². The molecule has 1 fully saturated rings. The molecule has 5 rings (SSSR count). The lowest BCUT2D eigenvalue weighted by atomic mass is 9.96. The van der Waals surface area contributed by atoms with Crippen LogP contribution in [0.25, 0.3) is 10.9 Å². The van der Waals surface area contributed by atoms with Gasteiger partial charge in [-0.25, -0.2) is 9.97 Å². The van der Waals surface area contributed by atoms with Crippen LogP contribution in [-0.4, -0.2) is 63.7 Å². The Morgan fingerprint density at radius 1 is 1.25 bits per heavy atom. The molecule has 1 saturated heterocycles. The minimum absolute atomic E-state index is 0.0902. The fourth-order valence-electron chi connectivity index (χ4n) is 4.84. The van der Waals surface area contributed by atoms with Crippen LogP contribution in [0.1, 0.15) is 42.9 Å². The zero-order valence-corrected chi connectivity index (χ0v) is 18.6. The molecule has 168 valence electrons. The third-order valence-electron chi connectivity index (χ3n) is 6.58. The van der Waals surface area contributed by atoms with Crippen molar-refractivity contribution in [2.24, 2.45) is 0 Å². The SMILES string of the molecule is C=C(CC)N1CCc2c([nH]c3ccccc23)[C@H]1c1ncc(OC2CN(CCCF)C2)cn1. The Labute approximate surface area is 188 Å². The van der Waals surface area contributed by atoms with Crippen LogP contribution in [0.3, 0.4) is 0 Å². The number of hydrogen-bond acceptors (Lipinski definition) is 5. The van der Waals surface area contributed by atoms with Crippen LogP contribution < -0.4 is 4.74 Å². The van der Waals surface area contributed by atoms with Gasteiger partial charge in [0.2, 0.25) is 0 Å². The van der Waals surface area contributed by atoms with E-state index in [1.165, 1.54) is 10.9 Å². The molecule has 0 radical (unpaired) electrons. The number of rotatable bonds is 8. The Morgan fingerprint density at radius 3 is 2.78 bits per heavy atom. The monoisotopic (exact) mass is 435 g/mol. The van der Waals surface area contributed by atoms with Crippen molar-refractivity contribution in [1.82, 2.24) is 24.8 Å². The van der Waals surface area contributed by atoms with E-state index in [1.807, 2.05) is 0 Å². The maximum atomic E-state index is 12.3. The molecular formula is C25H30FN5O. The molecule has 0 spiro atoms. The molecule has 1 N–H and O–H groups in total. The van der Waals surface area contributed by atoms with Crippen LogP contribution in [0.4, 0.5) is 4.39 Å². The Bertz CT molecular complexity index is 1090. The number of para-hydroxylation sites is 1. The molecule has 1 aromatic carbocycles. The molecular weight excluding hydrogens is 405 g/mol. The van der Waals surface area contributed by atoms with Crippen molar-refractivity contribution in [2.75, 3.05) is 32.9 Å². The maximum absolute atomic E-state index is 12.3. The lowest BCUT2D eigenvalue weighted by molar-refractivity contribution is 0.0179. The molecule has 3 aromatic rings. The molecule has 6 nitrogen and oxygen atoms in total. The summed E-state index contributed by atoms with van der Waals surface area (Å²) in [6.45, 7) is 9.51. The number of likely N-dealkylation sites (tertiary alicyclic amines) is 1. The summed E-state index contributed by atoms with van der Waals surface area (Å²) in [4.78, 5) is 17.6. The second-order valence-electron chi connectivity index (χ2n) is 8.65. The fourth-order valence-corrected chi connectivity index (χ4v) is 4.84. The average molecular weight is 436 g/mol. The molecule has 7 heteroatoms. The van der Waals surface area contributed by atoms with Gasteiger partial charge in [0.25, 0.3) is 0 Å². The lowest BCUT2D eigenvalue weighted by Gasteiger charge is -2.39. The summed E-state index contributed by atoms with van der Waals surface area (Å²) < 4.78 is 18.3. The van der Waals surface area contributed by atoms with Crippen molar-refractivity contribution >= 4 is 10.9 Å². The highest BCUT2D eigenvalue weighted by atomic mass is 19.1. The van der Waals surface area contributed by atoms with Crippen LogP contribution in [0.5, 0.6) is 5.75 Å². The second kappa shape index (κ2) is 8.90. The van der Waals surface area contributed by atoms with Gasteiger partial charge in [0.15, 0.2) is 11.6 Å². The van der Waals surface area contributed by atoms with Gasteiger partial charge < -0.3 is 14.6 Å². The lowest BCUT2D eigenvalue weighted by Crippen LogP contribution is -2.53. The summed E-state index contributed by atoms with van der Waals surface area (Å²) >= 11 is 0. The number of hydrogen-bond donors (Lipinski definition) is 1. The third-order valence-corrected chi connectivity index (χ3v) is 6.58. The first kappa shape index (κ1) is 20.9. The summed E-state index contributed by atoms with van der Waals surface area (Å²) in [5, 5.41) is 1.27. The zero-order valence-electron chi connectivity index (χ0n) is 18.6. The van der Waals surface area contributed by atoms with E-state index in [4.69, 9.17) is 14.7 Å². The molecule has 2 aliphatic heterocycles. The van der Waals surface area contributed by atoms with Crippen LogP contribution >= 0.6 is 0 Å². The van der Waals surface area contributed by atoms with E-state index < -0.39 is 0 Å². The first-order chi connectivity index (χ1) is 15.7. The molecule has 0 saturated carbocycles. The summed E-state index contributed by atoms with van der Waals surface area (Å²) in [7, 11) is 0. The Kier molecular flexibility index (Phi) is 5.83. The number of nitrogens with zero attached hydrogens (tertiary/aromatic N) is 4. The van der Waals surface area contributed by atoms with Gasteiger partial charge in [-0.05, 0) is 30.9 Å². The summed E-state index contributed by atoms with van der Waals surface area (Å²) in [6, 6.07) is 8.36. The molecule has 2 aromatic heterocycles. The number of ether oxygens (including phenoxy) is 1. The van der Waals surface area contributed by atoms with Crippen molar-refractivity contribution in [3.8, 4) is 5.75 Å². The highest BCUT2D eigenvalue weighted by Crippen LogP contribution is 2.39. The Morgan fingerprint density at radius 2 is 2.03 bits per heavy atom. The van der Waals surface area contributed by atoms with Gasteiger partial charge in [-0.15, -0.1) is 0 Å². The van der Waals surface area contributed by atoms with Crippen molar-refractivity contribution < 1.29 is 9.13 Å². The van der Waals surface area contributed by atoms with Crippen LogP contribution in [-0.2, 0) is 6.42 Å². The van der Waals surface area contributed by atoms with Gasteiger partial charge in [0, 0.05) is 48.5 Å². The average Bonchev–Trinajstić information content (AvgIpc) is 3.18. The number of allylic oxidation sites excluding steroid dienone is 1. The molecule has 0 amide bonds. The number of H-pyrrole nitrogens is 1. The van der Waals surface area contributed by atoms with Crippen LogP contribution in [0, 0.1) is 0 Å². The zero-order chi connectivity index (χ0) is 22.1. The smallest absolute Gasteiger partial charge is 0.157 e. The van der Waals surface area contributed by atoms with E-state index in [1.54, 1.807) is 12.4 Å². The highest BCUT2D eigenvalue weighted by molar-refractivity contribution is 5.85. The number of aromatic nitrogens is 3. The van der Waals surface area contributed by atoms with Gasteiger partial charge in [-0.3, -0.25) is 9.29 Å². The number of alkyl halides is 1. The highest BCUT2D eigenvalue weighted by Gasteiger charge is 2.34. The second-order valence-corrected chi connectivity index (χ2v) is 8.65. The first-order valence-electron chi connectivity index (χ1n) is 11.5. The molecule has 2 aliphatic rings. The van der Waals surface area contributed by atoms with Crippen molar-refractivity contribution in [3.63, 3.8) is 0 Å². The minimum Gasteiger partial charge on any atom is -0.485 e. The normalized spacial score (nSPS) is 19.1. The van der Waals surface area contributed by atoms with Crippen molar-refractivity contribution in [2.45, 2.75) is 38.3 Å². The Balaban J connectivity index is 1.38. The van der Waals surface area contributed by atoms with Gasteiger partial charge in [0.1, 0.15) is 12.1 Å². The van der Waals surface area contributed by atoms with Gasteiger partial charge >= 0.3 is 0 Å². The number of benzene rings is 1. The largest absolute Gasteiger partial charge is 0.485 e. The summed E-state index contributed by atoms with van der Waals surface area (Å²) in [5.74, 6) is 1.43. The van der Waals surface area contributed by atoms with E-state index in [-0.39, 0.29) is 18.8 Å². The molecule has 4 heterocycles. The number of halogens is 1. The summed E-state index contributed by atoms with van der Waals surface area (Å²) in [6.07, 6.45) is 6.11. The van der Waals surface area contributed by atoms with Crippen LogP contribution in [0.2, 0.25) is 0 Å². The fraction of sp³-hybridized carbons (Fsp3) is 0.440. The first-order valence-corrected chi connectivity index (χ1v) is 11.5. The van der Waals surface area contributed by atoms with Crippen molar-refractivity contribution in [3.05, 3.63) is 66.0 Å². The number of nitrogens with one attached hydrogen (secondary N) is 1. The molecule has 0 bridgehead atoms. The van der Waals surface area contributed by atoms with Gasteiger partial charge in [0.05, 0.1) is 19.1 Å². The van der Waals surface area contributed by atoms with E-state index in [0.29, 0.717) is 12.2 Å².